The molecular weight excluding hydrogens is 267 g/mol. The van der Waals surface area contributed by atoms with Crippen LogP contribution in [0.25, 0.3) is 0 Å². The number of nitrogens with two attached hydrogens (primary N) is 1. The van der Waals surface area contributed by atoms with Gasteiger partial charge < -0.3 is 10.5 Å². The van der Waals surface area contributed by atoms with Crippen LogP contribution in [0.3, 0.4) is 0 Å². The average molecular weight is 277 g/mol. The summed E-state index contributed by atoms with van der Waals surface area (Å²) in [7, 11) is 0. The average Bonchev–Trinajstić information content (AvgIpc) is 2.40. The monoisotopic (exact) mass is 276 g/mol. The van der Waals surface area contributed by atoms with E-state index in [9.17, 15) is 4.39 Å². The van der Waals surface area contributed by atoms with Crippen LogP contribution >= 0.6 is 11.6 Å². The van der Waals surface area contributed by atoms with Gasteiger partial charge >= 0.3 is 0 Å². The molecule has 2 aromatic carbocycles. The molecule has 0 bridgehead atoms. The third-order valence-corrected chi connectivity index (χ3v) is 2.78. The number of anilines is 1. The van der Waals surface area contributed by atoms with E-state index in [1.54, 1.807) is 18.2 Å². The second-order valence-corrected chi connectivity index (χ2v) is 4.33. The lowest BCUT2D eigenvalue weighted by atomic mass is 10.1. The quantitative estimate of drug-likeness (QED) is 0.873. The van der Waals surface area contributed by atoms with Crippen molar-refractivity contribution >= 4 is 17.3 Å². The Balaban J connectivity index is 2.15. The third-order valence-electron chi connectivity index (χ3n) is 2.54. The fourth-order valence-electron chi connectivity index (χ4n) is 1.52. The summed E-state index contributed by atoms with van der Waals surface area (Å²) >= 11 is 5.82. The smallest absolute Gasteiger partial charge is 0.144 e. The largest absolute Gasteiger partial charge is 0.487 e. The highest BCUT2D eigenvalue weighted by molar-refractivity contribution is 6.30. The number of nitriles is 1. The summed E-state index contributed by atoms with van der Waals surface area (Å²) in [6.45, 7) is 0.0160. The molecule has 0 spiro atoms. The molecule has 0 fully saturated rings. The third kappa shape index (κ3) is 3.15. The number of rotatable bonds is 3. The zero-order chi connectivity index (χ0) is 13.8. The summed E-state index contributed by atoms with van der Waals surface area (Å²) in [5.41, 5.74) is 6.76. The van der Waals surface area contributed by atoms with Crippen molar-refractivity contribution in [2.75, 3.05) is 5.73 Å². The molecule has 0 aliphatic rings. The Morgan fingerprint density at radius 3 is 2.74 bits per heavy atom. The van der Waals surface area contributed by atoms with Crippen LogP contribution in [0.1, 0.15) is 11.1 Å². The van der Waals surface area contributed by atoms with Crippen LogP contribution in [-0.4, -0.2) is 0 Å². The lowest BCUT2D eigenvalue weighted by Gasteiger charge is -2.10. The highest BCUT2D eigenvalue weighted by Gasteiger charge is 2.06. The van der Waals surface area contributed by atoms with E-state index in [0.29, 0.717) is 22.0 Å². The van der Waals surface area contributed by atoms with Crippen LogP contribution in [0.4, 0.5) is 10.1 Å². The first-order chi connectivity index (χ1) is 9.10. The van der Waals surface area contributed by atoms with Gasteiger partial charge in [0.2, 0.25) is 0 Å². The Morgan fingerprint density at radius 1 is 1.26 bits per heavy atom. The van der Waals surface area contributed by atoms with Gasteiger partial charge in [0, 0.05) is 16.7 Å². The minimum absolute atomic E-state index is 0.0160. The molecule has 2 rings (SSSR count). The molecule has 2 aromatic rings. The van der Waals surface area contributed by atoms with Gasteiger partial charge in [-0.25, -0.2) is 4.39 Å². The van der Waals surface area contributed by atoms with E-state index >= 15 is 0 Å². The van der Waals surface area contributed by atoms with Crippen molar-refractivity contribution in [2.45, 2.75) is 6.61 Å². The van der Waals surface area contributed by atoms with Crippen LogP contribution in [0, 0.1) is 17.1 Å². The zero-order valence-electron chi connectivity index (χ0n) is 9.86. The van der Waals surface area contributed by atoms with Crippen LogP contribution in [0.15, 0.2) is 36.4 Å². The number of nitrogen functional groups attached to an aromatic ring is 1. The highest BCUT2D eigenvalue weighted by Crippen LogP contribution is 2.26. The molecule has 0 aromatic heterocycles. The summed E-state index contributed by atoms with van der Waals surface area (Å²) in [6, 6.07) is 10.9. The van der Waals surface area contributed by atoms with Crippen LogP contribution in [0.5, 0.6) is 5.75 Å². The van der Waals surface area contributed by atoms with E-state index in [-0.39, 0.29) is 12.2 Å². The van der Waals surface area contributed by atoms with E-state index < -0.39 is 5.82 Å². The van der Waals surface area contributed by atoms with E-state index in [4.69, 9.17) is 27.3 Å². The van der Waals surface area contributed by atoms with Crippen molar-refractivity contribution < 1.29 is 9.13 Å². The number of ether oxygens (including phenoxy) is 1. The lowest BCUT2D eigenvalue weighted by Crippen LogP contribution is -2.01. The predicted octanol–water partition coefficient (Wildman–Crippen LogP) is 3.51. The zero-order valence-corrected chi connectivity index (χ0v) is 10.6. The summed E-state index contributed by atoms with van der Waals surface area (Å²) in [6.07, 6.45) is 0. The fourth-order valence-corrected chi connectivity index (χ4v) is 1.68. The first-order valence-electron chi connectivity index (χ1n) is 5.46. The Kier molecular flexibility index (Phi) is 3.88. The van der Waals surface area contributed by atoms with Gasteiger partial charge in [0.25, 0.3) is 0 Å². The molecule has 5 heteroatoms. The lowest BCUT2D eigenvalue weighted by molar-refractivity contribution is 0.301. The molecule has 0 aliphatic heterocycles. The molecule has 3 nitrogen and oxygen atoms in total. The fraction of sp³-hybridized carbons (Fsp3) is 0.0714. The molecule has 19 heavy (non-hydrogen) atoms. The van der Waals surface area contributed by atoms with Crippen LogP contribution in [-0.2, 0) is 6.61 Å². The molecule has 0 radical (unpaired) electrons. The molecule has 0 aliphatic carbocycles. The Labute approximate surface area is 115 Å². The minimum atomic E-state index is -0.486. The maximum absolute atomic E-state index is 13.6. The summed E-state index contributed by atoms with van der Waals surface area (Å²) in [5.74, 6) is -0.0871. The highest BCUT2D eigenvalue weighted by atomic mass is 35.5. The van der Waals surface area contributed by atoms with Crippen LogP contribution in [0.2, 0.25) is 5.02 Å². The van der Waals surface area contributed by atoms with Crippen molar-refractivity contribution in [3.63, 3.8) is 0 Å². The first kappa shape index (κ1) is 13.2. The first-order valence-corrected chi connectivity index (χ1v) is 5.84. The summed E-state index contributed by atoms with van der Waals surface area (Å²) in [4.78, 5) is 0. The van der Waals surface area contributed by atoms with Crippen molar-refractivity contribution in [1.29, 1.82) is 5.26 Å². The van der Waals surface area contributed by atoms with Crippen molar-refractivity contribution in [1.82, 2.24) is 0 Å². The number of hydrogen-bond donors (Lipinski definition) is 1. The maximum atomic E-state index is 13.6. The van der Waals surface area contributed by atoms with E-state index in [1.807, 2.05) is 6.07 Å². The standard InChI is InChI=1S/C14H10ClFN2O/c15-11-3-4-13(18)14(6-11)19-8-10-2-1-9(7-17)5-12(10)16/h1-6H,8,18H2. The molecule has 0 saturated carbocycles. The van der Waals surface area contributed by atoms with Gasteiger partial charge in [-0.1, -0.05) is 17.7 Å². The Hall–Kier alpha value is -2.25. The van der Waals surface area contributed by atoms with Crippen LogP contribution < -0.4 is 10.5 Å². The van der Waals surface area contributed by atoms with Gasteiger partial charge in [-0.05, 0) is 24.3 Å². The van der Waals surface area contributed by atoms with E-state index in [0.717, 1.165) is 0 Å². The van der Waals surface area contributed by atoms with Gasteiger partial charge in [-0.15, -0.1) is 0 Å². The van der Waals surface area contributed by atoms with Gasteiger partial charge in [-0.2, -0.15) is 5.26 Å². The van der Waals surface area contributed by atoms with Crippen molar-refractivity contribution in [3.8, 4) is 11.8 Å². The molecular formula is C14H10ClFN2O. The second kappa shape index (κ2) is 5.59. The number of nitrogens with zero attached hydrogens (tertiary/aromatic N) is 1. The number of halogens is 2. The number of benzene rings is 2. The van der Waals surface area contributed by atoms with Crippen molar-refractivity contribution in [3.05, 3.63) is 58.4 Å². The van der Waals surface area contributed by atoms with E-state index in [2.05, 4.69) is 0 Å². The maximum Gasteiger partial charge on any atom is 0.144 e. The molecule has 0 unspecified atom stereocenters. The van der Waals surface area contributed by atoms with Gasteiger partial charge in [0.15, 0.2) is 0 Å². The second-order valence-electron chi connectivity index (χ2n) is 3.89. The molecule has 2 N–H and O–H groups in total. The van der Waals surface area contributed by atoms with Gasteiger partial charge in [-0.3, -0.25) is 0 Å². The molecule has 0 saturated heterocycles. The topological polar surface area (TPSA) is 59.0 Å². The summed E-state index contributed by atoms with van der Waals surface area (Å²) in [5, 5.41) is 9.14. The molecule has 0 atom stereocenters. The van der Waals surface area contributed by atoms with Crippen molar-refractivity contribution in [2.24, 2.45) is 0 Å². The minimum Gasteiger partial charge on any atom is -0.487 e. The molecule has 96 valence electrons. The SMILES string of the molecule is N#Cc1ccc(COc2cc(Cl)ccc2N)c(F)c1. The Morgan fingerprint density at radius 2 is 2.05 bits per heavy atom. The predicted molar refractivity (Wildman–Crippen MR) is 71.3 cm³/mol. The molecule has 0 heterocycles. The number of hydrogen-bond acceptors (Lipinski definition) is 3. The Bertz CT molecular complexity index is 652. The van der Waals surface area contributed by atoms with E-state index in [1.165, 1.54) is 18.2 Å². The normalized spacial score (nSPS) is 9.95. The van der Waals surface area contributed by atoms with Gasteiger partial charge in [0.1, 0.15) is 18.2 Å². The molecule has 0 amide bonds. The van der Waals surface area contributed by atoms with Gasteiger partial charge in [0.05, 0.1) is 17.3 Å². The summed E-state index contributed by atoms with van der Waals surface area (Å²) < 4.78 is 19.1.